The molecule has 1 saturated carbocycles. The number of methoxy groups -OCH3 is 3. The lowest BCUT2D eigenvalue weighted by atomic mass is 9.82. The third-order valence-electron chi connectivity index (χ3n) is 12.9. The van der Waals surface area contributed by atoms with Gasteiger partial charge in [-0.3, -0.25) is 9.59 Å². The molecule has 13 atom stereocenters. The van der Waals surface area contributed by atoms with Gasteiger partial charge in [0.2, 0.25) is 5.79 Å². The van der Waals surface area contributed by atoms with Crippen LogP contribution in [-0.4, -0.2) is 120 Å². The highest BCUT2D eigenvalue weighted by atomic mass is 16.7. The number of nitrogens with zero attached hydrogens (tertiary/aromatic N) is 2. The number of Topliss-reactive ketones (excluding diaryl/α,β-unsaturated/α-hetero) is 1. The molecule has 0 spiro atoms. The van der Waals surface area contributed by atoms with E-state index < -0.39 is 71.8 Å². The summed E-state index contributed by atoms with van der Waals surface area (Å²) in [5.74, 6) is -6.98. The van der Waals surface area contributed by atoms with Gasteiger partial charge in [-0.25, -0.2) is 4.79 Å². The second-order valence-corrected chi connectivity index (χ2v) is 17.3. The van der Waals surface area contributed by atoms with E-state index in [1.807, 2.05) is 19.9 Å². The second-order valence-electron chi connectivity index (χ2n) is 17.3. The fourth-order valence-corrected chi connectivity index (χ4v) is 9.55. The van der Waals surface area contributed by atoms with E-state index in [0.29, 0.717) is 37.8 Å². The predicted molar refractivity (Wildman–Crippen MR) is 222 cm³/mol. The molecule has 3 heterocycles. The molecule has 0 aromatic heterocycles. The first-order chi connectivity index (χ1) is 27.1. The molecule has 0 aromatic rings. The summed E-state index contributed by atoms with van der Waals surface area (Å²) in [5, 5.41) is 37.9. The van der Waals surface area contributed by atoms with Crippen LogP contribution < -0.4 is 0 Å². The number of ether oxygens (including phenoxy) is 5. The minimum absolute atomic E-state index is 0. The van der Waals surface area contributed by atoms with Crippen LogP contribution in [0.3, 0.4) is 0 Å². The van der Waals surface area contributed by atoms with Crippen LogP contribution in [0.15, 0.2) is 41.1 Å². The van der Waals surface area contributed by atoms with Gasteiger partial charge < -0.3 is 44.0 Å². The maximum atomic E-state index is 14.4. The summed E-state index contributed by atoms with van der Waals surface area (Å²) in [7, 11) is 4.79. The number of amides is 1. The average Bonchev–Trinajstić information content (AvgIpc) is 3.20. The number of hydrogen-bond donors (Lipinski definition) is 3. The van der Waals surface area contributed by atoms with Crippen molar-refractivity contribution in [2.24, 2.45) is 34.7 Å². The first kappa shape index (κ1) is 49.4. The van der Waals surface area contributed by atoms with Crippen LogP contribution in [0, 0.1) is 29.6 Å². The number of esters is 1. The highest BCUT2D eigenvalue weighted by molar-refractivity contribution is 6.39. The van der Waals surface area contributed by atoms with Crippen molar-refractivity contribution in [1.82, 2.24) is 4.90 Å². The minimum Gasteiger partial charge on any atom is -0.456 e. The Morgan fingerprint density at radius 3 is 2.33 bits per heavy atom. The summed E-state index contributed by atoms with van der Waals surface area (Å²) in [6.45, 7) is 13.4. The molecule has 4 rings (SSSR count). The number of carbonyl (C=O) groups is 3. The zero-order chi connectivity index (χ0) is 42.0. The summed E-state index contributed by atoms with van der Waals surface area (Å²) in [6, 6.07) is -1.10. The van der Waals surface area contributed by atoms with Gasteiger partial charge in [0.25, 0.3) is 11.7 Å². The van der Waals surface area contributed by atoms with Gasteiger partial charge in [0.15, 0.2) is 0 Å². The van der Waals surface area contributed by atoms with Crippen molar-refractivity contribution in [2.45, 2.75) is 168 Å². The van der Waals surface area contributed by atoms with Gasteiger partial charge in [-0.15, -0.1) is 6.58 Å². The SMILES string of the molecule is C.C=CC[C@@H]1/C=C(\C)C[C@H](C)C[C@H](OC)[C@H]2O[C@@](O)(C(=O)C(=O)N3CCCC[C@H]3C(=O)O[C@H](/C(C)=C/[C@@H]3CCC[C@H](OC)C3)[C@H](C)[C@@H](O)C/C1=N/O)[C@H](C)C[C@@H]2OC. The Kier molecular flexibility index (Phi) is 19.3. The highest BCUT2D eigenvalue weighted by Gasteiger charge is 2.56. The molecule has 2 bridgehead atoms. The van der Waals surface area contributed by atoms with E-state index in [9.17, 15) is 29.8 Å². The molecule has 1 amide bonds. The molecule has 0 unspecified atom stereocenters. The normalized spacial score (nSPS) is 39.7. The molecule has 330 valence electrons. The molecule has 3 aliphatic heterocycles. The smallest absolute Gasteiger partial charge is 0.329 e. The third kappa shape index (κ3) is 11.9. The molecule has 3 N–H and O–H groups in total. The molecule has 3 fully saturated rings. The van der Waals surface area contributed by atoms with Gasteiger partial charge >= 0.3 is 5.97 Å². The van der Waals surface area contributed by atoms with Crippen molar-refractivity contribution in [1.29, 1.82) is 0 Å². The van der Waals surface area contributed by atoms with Gasteiger partial charge in [0.1, 0.15) is 18.2 Å². The molecule has 13 heteroatoms. The number of cyclic esters (lactones) is 1. The van der Waals surface area contributed by atoms with E-state index in [1.165, 1.54) is 19.1 Å². The number of aliphatic hydroxyl groups is 2. The molecular weight excluding hydrogens is 744 g/mol. The highest BCUT2D eigenvalue weighted by Crippen LogP contribution is 2.39. The Bertz CT molecular complexity index is 1480. The van der Waals surface area contributed by atoms with Gasteiger partial charge in [0.05, 0.1) is 30.1 Å². The summed E-state index contributed by atoms with van der Waals surface area (Å²) in [5.41, 5.74) is 2.14. The number of rotatable bonds is 7. The Hall–Kier alpha value is -2.94. The van der Waals surface area contributed by atoms with Gasteiger partial charge in [0, 0.05) is 52.0 Å². The molecule has 1 aliphatic carbocycles. The van der Waals surface area contributed by atoms with Gasteiger partial charge in [-0.05, 0) is 95.5 Å². The van der Waals surface area contributed by atoms with Crippen molar-refractivity contribution in [3.63, 3.8) is 0 Å². The zero-order valence-corrected chi connectivity index (χ0v) is 35.6. The lowest BCUT2D eigenvalue weighted by Gasteiger charge is -2.47. The van der Waals surface area contributed by atoms with E-state index in [1.54, 1.807) is 27.0 Å². The first-order valence-corrected chi connectivity index (χ1v) is 21.0. The Morgan fingerprint density at radius 1 is 1.00 bits per heavy atom. The maximum absolute atomic E-state index is 14.4. The third-order valence-corrected chi connectivity index (χ3v) is 12.9. The number of piperidine rings is 1. The van der Waals surface area contributed by atoms with Crippen molar-refractivity contribution in [2.75, 3.05) is 27.9 Å². The van der Waals surface area contributed by atoms with Crippen molar-refractivity contribution >= 4 is 23.4 Å². The van der Waals surface area contributed by atoms with Crippen LogP contribution >= 0.6 is 0 Å². The topological polar surface area (TPSA) is 174 Å². The Morgan fingerprint density at radius 2 is 1.69 bits per heavy atom. The van der Waals surface area contributed by atoms with Crippen LogP contribution in [0.25, 0.3) is 0 Å². The molecule has 0 radical (unpaired) electrons. The predicted octanol–water partition coefficient (Wildman–Crippen LogP) is 6.57. The lowest BCUT2D eigenvalue weighted by Crippen LogP contribution is -2.64. The van der Waals surface area contributed by atoms with Gasteiger partial charge in [-0.1, -0.05) is 63.6 Å². The van der Waals surface area contributed by atoms with E-state index in [0.717, 1.165) is 36.8 Å². The Balaban J connectivity index is 0.00000900. The van der Waals surface area contributed by atoms with Crippen molar-refractivity contribution in [3.05, 3.63) is 36.0 Å². The van der Waals surface area contributed by atoms with E-state index >= 15 is 0 Å². The largest absolute Gasteiger partial charge is 0.456 e. The average molecular weight is 819 g/mol. The fraction of sp³-hybridized carbons (Fsp3) is 0.778. The number of oxime groups is 1. The van der Waals surface area contributed by atoms with Crippen LogP contribution in [0.1, 0.15) is 119 Å². The number of allylic oxidation sites excluding steroid dienone is 4. The van der Waals surface area contributed by atoms with Gasteiger partial charge in [-0.2, -0.15) is 0 Å². The number of ketones is 1. The molecular formula is C45H74N2O11. The molecule has 2 saturated heterocycles. The van der Waals surface area contributed by atoms with E-state index in [2.05, 4.69) is 24.7 Å². The second kappa shape index (κ2) is 22.6. The maximum Gasteiger partial charge on any atom is 0.329 e. The lowest BCUT2D eigenvalue weighted by molar-refractivity contribution is -0.302. The number of carbonyl (C=O) groups excluding carboxylic acids is 3. The van der Waals surface area contributed by atoms with Crippen LogP contribution in [-0.2, 0) is 38.1 Å². The van der Waals surface area contributed by atoms with Crippen molar-refractivity contribution < 1.29 is 53.5 Å². The van der Waals surface area contributed by atoms with Crippen LogP contribution in [0.4, 0.5) is 0 Å². The van der Waals surface area contributed by atoms with E-state index in [-0.39, 0.29) is 57.1 Å². The van der Waals surface area contributed by atoms with Crippen LogP contribution in [0.2, 0.25) is 0 Å². The summed E-state index contributed by atoms with van der Waals surface area (Å²) >= 11 is 0. The molecule has 4 aliphatic rings. The molecule has 13 nitrogen and oxygen atoms in total. The summed E-state index contributed by atoms with van der Waals surface area (Å²) < 4.78 is 30.0. The quantitative estimate of drug-likeness (QED) is 0.0835. The number of fused-ring (bicyclic) bond motifs is 3. The van der Waals surface area contributed by atoms with E-state index in [4.69, 9.17) is 23.7 Å². The molecule has 0 aromatic carbocycles. The van der Waals surface area contributed by atoms with Crippen molar-refractivity contribution in [3.8, 4) is 0 Å². The van der Waals surface area contributed by atoms with Crippen LogP contribution in [0.5, 0.6) is 0 Å². The number of hydrogen-bond acceptors (Lipinski definition) is 12. The zero-order valence-electron chi connectivity index (χ0n) is 35.6. The monoisotopic (exact) mass is 819 g/mol. The minimum atomic E-state index is -2.49. The summed E-state index contributed by atoms with van der Waals surface area (Å²) in [6.07, 6.45) is 8.94. The summed E-state index contributed by atoms with van der Waals surface area (Å²) in [4.78, 5) is 44.1. The standard InChI is InChI=1S/C44H70N2O11.CH4/c1-10-14-32-20-26(2)19-27(3)21-37(54-8)40-38(55-9)23-29(5)44(51,57-40)41(48)42(49)46-18-12-11-17-35(46)43(50)56-39(30(6)36(47)25-34(32)45-52)28(4)22-31-15-13-16-33(24-31)53-7;/h10,20,22,27,29-33,35-40,47,51-52H,1,11-19,21,23-25H2,2-9H3;1H4/b26-20+,28-22+,45-34-;/t27-,29+,30+,31-,32+,33-,35-,36-,37-,38-,39+,40+,44+;/m0./s1. The first-order valence-electron chi connectivity index (χ1n) is 21.0. The number of aliphatic hydroxyl groups excluding tert-OH is 1. The fourth-order valence-electron chi connectivity index (χ4n) is 9.55. The Labute approximate surface area is 347 Å². The molecule has 58 heavy (non-hydrogen) atoms.